The molecule has 5 rings (SSSR count). The van der Waals surface area contributed by atoms with Crippen LogP contribution in [0.2, 0.25) is 0 Å². The Bertz CT molecular complexity index is 1700. The van der Waals surface area contributed by atoms with Crippen molar-refractivity contribution in [2.24, 2.45) is 16.7 Å². The van der Waals surface area contributed by atoms with Gasteiger partial charge in [-0.3, -0.25) is 14.8 Å². The number of rotatable bonds is 12. The lowest BCUT2D eigenvalue weighted by molar-refractivity contribution is -0.115. The molecule has 1 saturated heterocycles. The summed E-state index contributed by atoms with van der Waals surface area (Å²) in [5.74, 6) is 0.672. The van der Waals surface area contributed by atoms with E-state index in [1.165, 1.54) is 19.2 Å². The van der Waals surface area contributed by atoms with Crippen molar-refractivity contribution in [3.05, 3.63) is 60.1 Å². The van der Waals surface area contributed by atoms with Crippen LogP contribution in [0.15, 0.2) is 42.7 Å². The number of hydrogen-bond acceptors (Lipinski definition) is 8. The summed E-state index contributed by atoms with van der Waals surface area (Å²) in [5, 5.41) is 13.4. The number of hydrogen-bond donors (Lipinski definition) is 3. The van der Waals surface area contributed by atoms with Crippen molar-refractivity contribution in [3.63, 3.8) is 0 Å². The molecule has 0 bridgehead atoms. The van der Waals surface area contributed by atoms with Gasteiger partial charge in [-0.05, 0) is 60.8 Å². The first kappa shape index (κ1) is 35.0. The van der Waals surface area contributed by atoms with Crippen LogP contribution in [0, 0.1) is 28.4 Å². The van der Waals surface area contributed by atoms with E-state index in [-0.39, 0.29) is 22.9 Å². The van der Waals surface area contributed by atoms with Crippen LogP contribution in [0.5, 0.6) is 11.5 Å². The highest BCUT2D eigenvalue weighted by atomic mass is 19.1. The van der Waals surface area contributed by atoms with Crippen LogP contribution < -0.4 is 20.1 Å². The van der Waals surface area contributed by atoms with E-state index >= 15 is 0 Å². The molecule has 1 fully saturated rings. The highest BCUT2D eigenvalue weighted by Gasteiger charge is 2.44. The van der Waals surface area contributed by atoms with E-state index in [1.54, 1.807) is 13.2 Å². The third-order valence-corrected chi connectivity index (χ3v) is 8.81. The van der Waals surface area contributed by atoms with Gasteiger partial charge < -0.3 is 20.1 Å². The standard InChI is InChI=1S/C36H47F2N7O3/c1-35(2,3)33(36(4,5)6)28-10-8-11-45(28)12-9-13-48-30-20-27-26(19-29(30)47-7)34(40-21-39-27)42-31-17-25(43-44-31)18-32(46)41-24-15-22(37)14-23(38)16-24/h14-17,19-21,28,33H,8-13,18H2,1-7H3,(H,41,46)(H2,39,40,42,43,44)/t28-/m1/s1. The summed E-state index contributed by atoms with van der Waals surface area (Å²) in [5.41, 5.74) is 1.63. The summed E-state index contributed by atoms with van der Waals surface area (Å²) in [6.45, 7) is 16.9. The van der Waals surface area contributed by atoms with E-state index in [0.717, 1.165) is 37.7 Å². The summed E-state index contributed by atoms with van der Waals surface area (Å²) < 4.78 is 38.9. The third kappa shape index (κ3) is 8.58. The summed E-state index contributed by atoms with van der Waals surface area (Å²) >= 11 is 0. The van der Waals surface area contributed by atoms with Gasteiger partial charge in [0, 0.05) is 47.6 Å². The number of halogens is 2. The number of carbonyl (C=O) groups is 1. The van der Waals surface area contributed by atoms with Crippen LogP contribution in [0.25, 0.3) is 10.9 Å². The molecule has 2 aromatic carbocycles. The largest absolute Gasteiger partial charge is 0.493 e. The van der Waals surface area contributed by atoms with E-state index in [1.807, 2.05) is 12.1 Å². The van der Waals surface area contributed by atoms with Crippen LogP contribution in [-0.4, -0.2) is 63.8 Å². The molecule has 2 aromatic heterocycles. The number of nitrogens with zero attached hydrogens (tertiary/aromatic N) is 4. The van der Waals surface area contributed by atoms with Gasteiger partial charge in [0.15, 0.2) is 17.3 Å². The molecule has 0 saturated carbocycles. The number of ether oxygens (including phenoxy) is 2. The zero-order chi connectivity index (χ0) is 34.6. The Labute approximate surface area is 281 Å². The molecular formula is C36H47F2N7O3. The van der Waals surface area contributed by atoms with Crippen molar-refractivity contribution >= 4 is 34.1 Å². The van der Waals surface area contributed by atoms with Crippen molar-refractivity contribution < 1.29 is 23.0 Å². The van der Waals surface area contributed by atoms with Gasteiger partial charge in [-0.25, -0.2) is 18.7 Å². The normalized spacial score (nSPS) is 15.7. The molecule has 1 aliphatic rings. The number of methoxy groups -OCH3 is 1. The number of fused-ring (bicyclic) bond motifs is 1. The quantitative estimate of drug-likeness (QED) is 0.133. The minimum atomic E-state index is -0.776. The second-order valence-electron chi connectivity index (χ2n) is 14.7. The van der Waals surface area contributed by atoms with Gasteiger partial charge in [-0.1, -0.05) is 41.5 Å². The van der Waals surface area contributed by atoms with E-state index < -0.39 is 17.5 Å². The number of carbonyl (C=O) groups excluding carboxylic acids is 1. The molecule has 0 radical (unpaired) electrons. The summed E-state index contributed by atoms with van der Waals surface area (Å²) in [7, 11) is 1.60. The van der Waals surface area contributed by atoms with Gasteiger partial charge in [-0.2, -0.15) is 5.10 Å². The van der Waals surface area contributed by atoms with Crippen LogP contribution in [0.1, 0.15) is 66.5 Å². The fraction of sp³-hybridized carbons (Fsp3) is 0.500. The number of anilines is 3. The van der Waals surface area contributed by atoms with Crippen molar-refractivity contribution in [3.8, 4) is 11.5 Å². The van der Waals surface area contributed by atoms with Gasteiger partial charge >= 0.3 is 0 Å². The number of aromatic nitrogens is 4. The fourth-order valence-corrected chi connectivity index (χ4v) is 7.49. The predicted molar refractivity (Wildman–Crippen MR) is 184 cm³/mol. The van der Waals surface area contributed by atoms with Crippen LogP contribution in [0.3, 0.4) is 0 Å². The molecule has 1 atom stereocenters. The number of amides is 1. The van der Waals surface area contributed by atoms with Gasteiger partial charge in [-0.15, -0.1) is 0 Å². The minimum absolute atomic E-state index is 0.0330. The van der Waals surface area contributed by atoms with Crippen molar-refractivity contribution in [1.29, 1.82) is 0 Å². The van der Waals surface area contributed by atoms with E-state index in [0.29, 0.717) is 58.3 Å². The second kappa shape index (κ2) is 14.4. The Balaban J connectivity index is 1.21. The van der Waals surface area contributed by atoms with Gasteiger partial charge in [0.1, 0.15) is 23.8 Å². The Morgan fingerprint density at radius 1 is 1.02 bits per heavy atom. The number of nitrogens with one attached hydrogen (secondary N) is 3. The number of aromatic amines is 1. The number of H-pyrrole nitrogens is 1. The minimum Gasteiger partial charge on any atom is -0.493 e. The SMILES string of the molecule is COc1cc2c(Nc3cc(CC(=O)Nc4cc(F)cc(F)c4)[nH]n3)ncnc2cc1OCCCN1CCC[C@@H]1C(C(C)(C)C)C(C)(C)C. The topological polar surface area (TPSA) is 117 Å². The highest BCUT2D eigenvalue weighted by Crippen LogP contribution is 2.46. The molecule has 0 spiro atoms. The van der Waals surface area contributed by atoms with E-state index in [4.69, 9.17) is 9.47 Å². The predicted octanol–water partition coefficient (Wildman–Crippen LogP) is 7.51. The molecule has 3 heterocycles. The molecule has 0 aliphatic carbocycles. The Morgan fingerprint density at radius 3 is 2.44 bits per heavy atom. The smallest absolute Gasteiger partial charge is 0.230 e. The maximum Gasteiger partial charge on any atom is 0.230 e. The number of benzene rings is 2. The molecule has 258 valence electrons. The molecule has 0 unspecified atom stereocenters. The van der Waals surface area contributed by atoms with Gasteiger partial charge in [0.25, 0.3) is 0 Å². The van der Waals surface area contributed by atoms with E-state index in [2.05, 4.69) is 77.2 Å². The Morgan fingerprint density at radius 2 is 1.75 bits per heavy atom. The first-order valence-electron chi connectivity index (χ1n) is 16.5. The summed E-state index contributed by atoms with van der Waals surface area (Å²) in [4.78, 5) is 24.0. The molecule has 48 heavy (non-hydrogen) atoms. The first-order chi connectivity index (χ1) is 22.7. The maximum absolute atomic E-state index is 13.5. The van der Waals surface area contributed by atoms with Crippen molar-refractivity contribution in [1.82, 2.24) is 25.1 Å². The van der Waals surface area contributed by atoms with Crippen molar-refractivity contribution in [2.75, 3.05) is 37.4 Å². The average Bonchev–Trinajstić information content (AvgIpc) is 3.62. The zero-order valence-corrected chi connectivity index (χ0v) is 28.9. The summed E-state index contributed by atoms with van der Waals surface area (Å²) in [6.07, 6.45) is 4.74. The molecule has 4 aromatic rings. The van der Waals surface area contributed by atoms with Crippen molar-refractivity contribution in [2.45, 2.75) is 73.3 Å². The van der Waals surface area contributed by atoms with E-state index in [9.17, 15) is 13.6 Å². The van der Waals surface area contributed by atoms with Crippen LogP contribution >= 0.6 is 0 Å². The molecule has 1 amide bonds. The lowest BCUT2D eigenvalue weighted by Crippen LogP contribution is -2.48. The molecule has 1 aliphatic heterocycles. The van der Waals surface area contributed by atoms with Gasteiger partial charge in [0.2, 0.25) is 5.91 Å². The fourth-order valence-electron chi connectivity index (χ4n) is 7.49. The van der Waals surface area contributed by atoms with Crippen LogP contribution in [-0.2, 0) is 11.2 Å². The zero-order valence-electron chi connectivity index (χ0n) is 28.9. The molecular weight excluding hydrogens is 616 g/mol. The van der Waals surface area contributed by atoms with Crippen LogP contribution in [0.4, 0.5) is 26.1 Å². The Kier molecular flexibility index (Phi) is 10.5. The lowest BCUT2D eigenvalue weighted by atomic mass is 9.63. The lowest BCUT2D eigenvalue weighted by Gasteiger charge is -2.47. The third-order valence-electron chi connectivity index (χ3n) is 8.81. The number of likely N-dealkylation sites (tertiary alicyclic amines) is 1. The molecule has 3 N–H and O–H groups in total. The average molecular weight is 664 g/mol. The molecule has 12 heteroatoms. The monoisotopic (exact) mass is 663 g/mol. The highest BCUT2D eigenvalue weighted by molar-refractivity contribution is 5.93. The first-order valence-corrected chi connectivity index (χ1v) is 16.5. The maximum atomic E-state index is 13.5. The Hall–Kier alpha value is -4.32. The summed E-state index contributed by atoms with van der Waals surface area (Å²) in [6, 6.07) is 8.74. The van der Waals surface area contributed by atoms with Gasteiger partial charge in [0.05, 0.1) is 25.7 Å². The molecule has 10 nitrogen and oxygen atoms in total. The second-order valence-corrected chi connectivity index (χ2v) is 14.7.